The van der Waals surface area contributed by atoms with Crippen LogP contribution in [-0.4, -0.2) is 29.3 Å². The van der Waals surface area contributed by atoms with E-state index in [1.165, 1.54) is 0 Å². The molecule has 0 aliphatic carbocycles. The van der Waals surface area contributed by atoms with E-state index >= 15 is 0 Å². The summed E-state index contributed by atoms with van der Waals surface area (Å²) in [6.45, 7) is 6.71. The Morgan fingerprint density at radius 2 is 1.63 bits per heavy atom. The van der Waals surface area contributed by atoms with Gasteiger partial charge in [-0.3, -0.25) is 9.59 Å². The maximum atomic E-state index is 12.8. The van der Waals surface area contributed by atoms with Crippen LogP contribution in [-0.2, 0) is 22.7 Å². The molecule has 5 heteroatoms. The third-order valence-electron chi connectivity index (χ3n) is 4.63. The van der Waals surface area contributed by atoms with Crippen LogP contribution in [0.15, 0.2) is 54.6 Å². The quantitative estimate of drug-likeness (QED) is 0.753. The van der Waals surface area contributed by atoms with Gasteiger partial charge in [0, 0.05) is 13.1 Å². The van der Waals surface area contributed by atoms with Crippen molar-refractivity contribution in [2.75, 3.05) is 6.54 Å². The molecule has 2 aromatic rings. The summed E-state index contributed by atoms with van der Waals surface area (Å²) in [4.78, 5) is 26.7. The smallest absolute Gasteiger partial charge is 0.242 e. The molecule has 5 nitrogen and oxygen atoms in total. The molecule has 0 aliphatic rings. The van der Waals surface area contributed by atoms with E-state index in [9.17, 15) is 9.59 Å². The SMILES string of the molecule is Cc1ccccc1CN(Cc1ccccc1)C(=O)CNC(=O)[C@@H](N)C(C)C. The van der Waals surface area contributed by atoms with Gasteiger partial charge in [-0.25, -0.2) is 0 Å². The largest absolute Gasteiger partial charge is 0.346 e. The molecule has 2 rings (SSSR count). The summed E-state index contributed by atoms with van der Waals surface area (Å²) in [7, 11) is 0. The van der Waals surface area contributed by atoms with Crippen molar-refractivity contribution in [1.29, 1.82) is 0 Å². The highest BCUT2D eigenvalue weighted by atomic mass is 16.2. The molecule has 2 amide bonds. The standard InChI is InChI=1S/C22H29N3O2/c1-16(2)21(23)22(27)24-13-20(26)25(14-18-10-5-4-6-11-18)15-19-12-8-7-9-17(19)3/h4-12,16,21H,13-15,23H2,1-3H3,(H,24,27)/t21-/m0/s1. The van der Waals surface area contributed by atoms with Crippen molar-refractivity contribution < 1.29 is 9.59 Å². The number of benzene rings is 2. The Hall–Kier alpha value is -2.66. The highest BCUT2D eigenvalue weighted by Gasteiger charge is 2.20. The van der Waals surface area contributed by atoms with Crippen molar-refractivity contribution in [3.05, 3.63) is 71.3 Å². The molecule has 0 saturated heterocycles. The minimum absolute atomic E-state index is 0.0208. The molecule has 3 N–H and O–H groups in total. The number of amides is 2. The molecule has 0 unspecified atom stereocenters. The van der Waals surface area contributed by atoms with Crippen molar-refractivity contribution in [3.63, 3.8) is 0 Å². The van der Waals surface area contributed by atoms with E-state index in [4.69, 9.17) is 5.73 Å². The van der Waals surface area contributed by atoms with Gasteiger partial charge in [-0.2, -0.15) is 0 Å². The van der Waals surface area contributed by atoms with Crippen molar-refractivity contribution in [2.24, 2.45) is 11.7 Å². The van der Waals surface area contributed by atoms with E-state index in [0.717, 1.165) is 16.7 Å². The lowest BCUT2D eigenvalue weighted by molar-refractivity contribution is -0.134. The minimum Gasteiger partial charge on any atom is -0.346 e. The number of carbonyl (C=O) groups excluding carboxylic acids is 2. The van der Waals surface area contributed by atoms with Gasteiger partial charge < -0.3 is 16.0 Å². The molecule has 144 valence electrons. The van der Waals surface area contributed by atoms with Gasteiger partial charge in [-0.1, -0.05) is 68.4 Å². The van der Waals surface area contributed by atoms with Crippen LogP contribution in [0, 0.1) is 12.8 Å². The normalized spacial score (nSPS) is 11.9. The number of hydrogen-bond donors (Lipinski definition) is 2. The molecule has 0 saturated carbocycles. The summed E-state index contributed by atoms with van der Waals surface area (Å²) in [5.41, 5.74) is 9.12. The Bertz CT molecular complexity index is 759. The first-order chi connectivity index (χ1) is 12.9. The maximum Gasteiger partial charge on any atom is 0.242 e. The van der Waals surface area contributed by atoms with E-state index in [2.05, 4.69) is 5.32 Å². The summed E-state index contributed by atoms with van der Waals surface area (Å²) < 4.78 is 0. The summed E-state index contributed by atoms with van der Waals surface area (Å²) in [6, 6.07) is 17.2. The van der Waals surface area contributed by atoms with Crippen LogP contribution in [0.2, 0.25) is 0 Å². The maximum absolute atomic E-state index is 12.8. The number of hydrogen-bond acceptors (Lipinski definition) is 3. The van der Waals surface area contributed by atoms with Gasteiger partial charge in [0.05, 0.1) is 12.6 Å². The van der Waals surface area contributed by atoms with Crippen LogP contribution in [0.1, 0.15) is 30.5 Å². The Labute approximate surface area is 161 Å². The monoisotopic (exact) mass is 367 g/mol. The first-order valence-corrected chi connectivity index (χ1v) is 9.28. The Morgan fingerprint density at radius 3 is 2.26 bits per heavy atom. The van der Waals surface area contributed by atoms with Gasteiger partial charge >= 0.3 is 0 Å². The van der Waals surface area contributed by atoms with Gasteiger partial charge in [0.25, 0.3) is 0 Å². The first kappa shape index (κ1) is 20.6. The van der Waals surface area contributed by atoms with Crippen molar-refractivity contribution in [1.82, 2.24) is 10.2 Å². The lowest BCUT2D eigenvalue weighted by Crippen LogP contribution is -2.47. The molecule has 2 aromatic carbocycles. The van der Waals surface area contributed by atoms with E-state index in [0.29, 0.717) is 13.1 Å². The molecule has 0 spiro atoms. The zero-order valence-electron chi connectivity index (χ0n) is 16.3. The van der Waals surface area contributed by atoms with Crippen LogP contribution >= 0.6 is 0 Å². The van der Waals surface area contributed by atoms with E-state index in [-0.39, 0.29) is 24.3 Å². The molecular weight excluding hydrogens is 338 g/mol. The lowest BCUT2D eigenvalue weighted by atomic mass is 10.1. The molecular formula is C22H29N3O2. The topological polar surface area (TPSA) is 75.4 Å². The zero-order chi connectivity index (χ0) is 19.8. The number of nitrogens with one attached hydrogen (secondary N) is 1. The van der Waals surface area contributed by atoms with Crippen LogP contribution in [0.25, 0.3) is 0 Å². The van der Waals surface area contributed by atoms with Crippen molar-refractivity contribution >= 4 is 11.8 Å². The zero-order valence-corrected chi connectivity index (χ0v) is 16.3. The van der Waals surface area contributed by atoms with Crippen LogP contribution < -0.4 is 11.1 Å². The predicted molar refractivity (Wildman–Crippen MR) is 108 cm³/mol. The van der Waals surface area contributed by atoms with Gasteiger partial charge in [0.1, 0.15) is 0 Å². The average molecular weight is 367 g/mol. The third kappa shape index (κ3) is 6.22. The van der Waals surface area contributed by atoms with Crippen LogP contribution in [0.5, 0.6) is 0 Å². The number of aryl methyl sites for hydroxylation is 1. The average Bonchev–Trinajstić information content (AvgIpc) is 2.67. The Balaban J connectivity index is 2.10. The fraction of sp³-hybridized carbons (Fsp3) is 0.364. The van der Waals surface area contributed by atoms with Crippen molar-refractivity contribution in [3.8, 4) is 0 Å². The summed E-state index contributed by atoms with van der Waals surface area (Å²) >= 11 is 0. The van der Waals surface area contributed by atoms with Crippen LogP contribution in [0.3, 0.4) is 0 Å². The second-order valence-corrected chi connectivity index (χ2v) is 7.15. The first-order valence-electron chi connectivity index (χ1n) is 9.28. The fourth-order valence-electron chi connectivity index (χ4n) is 2.72. The summed E-state index contributed by atoms with van der Waals surface area (Å²) in [6.07, 6.45) is 0. The number of nitrogens with zero attached hydrogens (tertiary/aromatic N) is 1. The molecule has 0 aliphatic heterocycles. The minimum atomic E-state index is -0.614. The van der Waals surface area contributed by atoms with Gasteiger partial charge in [-0.05, 0) is 29.5 Å². The summed E-state index contributed by atoms with van der Waals surface area (Å²) in [5, 5.41) is 2.68. The molecule has 0 heterocycles. The fourth-order valence-corrected chi connectivity index (χ4v) is 2.72. The lowest BCUT2D eigenvalue weighted by Gasteiger charge is -2.25. The molecule has 0 aromatic heterocycles. The molecule has 0 fully saturated rings. The molecule has 1 atom stereocenters. The van der Waals surface area contributed by atoms with Gasteiger partial charge in [0.2, 0.25) is 11.8 Å². The number of rotatable bonds is 8. The highest BCUT2D eigenvalue weighted by Crippen LogP contribution is 2.13. The predicted octanol–water partition coefficient (Wildman–Crippen LogP) is 2.62. The number of carbonyl (C=O) groups is 2. The third-order valence-corrected chi connectivity index (χ3v) is 4.63. The Morgan fingerprint density at radius 1 is 1.00 bits per heavy atom. The second-order valence-electron chi connectivity index (χ2n) is 7.15. The number of nitrogens with two attached hydrogens (primary N) is 1. The van der Waals surface area contributed by atoms with Gasteiger partial charge in [-0.15, -0.1) is 0 Å². The summed E-state index contributed by atoms with van der Waals surface area (Å²) in [5.74, 6) is -0.409. The molecule has 0 radical (unpaired) electrons. The second kappa shape index (κ2) is 9.88. The van der Waals surface area contributed by atoms with E-state index in [1.54, 1.807) is 4.90 Å². The Kier molecular flexibility index (Phi) is 7.55. The van der Waals surface area contributed by atoms with E-state index in [1.807, 2.05) is 75.4 Å². The van der Waals surface area contributed by atoms with Crippen molar-refractivity contribution in [2.45, 2.75) is 39.9 Å². The molecule has 0 bridgehead atoms. The van der Waals surface area contributed by atoms with E-state index < -0.39 is 6.04 Å². The van der Waals surface area contributed by atoms with Gasteiger partial charge in [0.15, 0.2) is 0 Å². The molecule has 27 heavy (non-hydrogen) atoms. The van der Waals surface area contributed by atoms with Crippen LogP contribution in [0.4, 0.5) is 0 Å². The highest BCUT2D eigenvalue weighted by molar-refractivity contribution is 5.87.